The van der Waals surface area contributed by atoms with E-state index in [1.54, 1.807) is 0 Å². The molecule has 1 aliphatic carbocycles. The number of rotatable bonds is 24. The Hall–Kier alpha value is -1.62. The summed E-state index contributed by atoms with van der Waals surface area (Å²) >= 11 is 0. The molecule has 5 nitrogen and oxygen atoms in total. The molecule has 0 bridgehead atoms. The average Bonchev–Trinajstić information content (AvgIpc) is 3.46. The summed E-state index contributed by atoms with van der Waals surface area (Å²) in [4.78, 5) is 26.9. The maximum Gasteiger partial charge on any atom is 0.336 e. The summed E-state index contributed by atoms with van der Waals surface area (Å²) in [6.45, 7) is 8.26. The highest BCUT2D eigenvalue weighted by atomic mass is 16.8. The Balaban J connectivity index is 1.32. The molecule has 3 fully saturated rings. The molecule has 4 rings (SSSR count). The Morgan fingerprint density at radius 3 is 1.70 bits per heavy atom. The second-order valence-corrected chi connectivity index (χ2v) is 14.7. The number of carbonyl (C=O) groups is 2. The minimum atomic E-state index is -1.08. The minimum absolute atomic E-state index is 0.0766. The van der Waals surface area contributed by atoms with Crippen molar-refractivity contribution in [2.24, 2.45) is 23.2 Å². The van der Waals surface area contributed by atoms with Gasteiger partial charge in [-0.2, -0.15) is 0 Å². The lowest BCUT2D eigenvalue weighted by atomic mass is 9.55. The van der Waals surface area contributed by atoms with Gasteiger partial charge in [0.05, 0.1) is 11.8 Å². The highest BCUT2D eigenvalue weighted by Crippen LogP contribution is 2.69. The number of hydrogen-bond acceptors (Lipinski definition) is 5. The molecule has 0 saturated carbocycles. The van der Waals surface area contributed by atoms with Crippen LogP contribution in [0, 0.1) is 23.2 Å². The van der Waals surface area contributed by atoms with E-state index in [1.165, 1.54) is 116 Å². The van der Waals surface area contributed by atoms with Gasteiger partial charge in [0.1, 0.15) is 5.41 Å². The van der Waals surface area contributed by atoms with Gasteiger partial charge >= 0.3 is 11.9 Å². The van der Waals surface area contributed by atoms with Gasteiger partial charge in [0.2, 0.25) is 11.6 Å². The predicted octanol–water partition coefficient (Wildman–Crippen LogP) is 10.9. The van der Waals surface area contributed by atoms with Crippen LogP contribution in [0.25, 0.3) is 0 Å². The van der Waals surface area contributed by atoms with Crippen LogP contribution in [-0.2, 0) is 23.8 Å². The third-order valence-corrected chi connectivity index (χ3v) is 11.1. The van der Waals surface area contributed by atoms with Crippen LogP contribution in [0.1, 0.15) is 175 Å². The Kier molecular flexibility index (Phi) is 13.5. The monoisotopic (exact) mass is 612 g/mol. The molecule has 0 amide bonds. The molecule has 44 heavy (non-hydrogen) atoms. The Morgan fingerprint density at radius 2 is 1.16 bits per heavy atom. The average molecular weight is 613 g/mol. The third-order valence-electron chi connectivity index (χ3n) is 11.1. The largest absolute Gasteiger partial charge is 0.432 e. The lowest BCUT2D eigenvalue weighted by Gasteiger charge is -2.41. The minimum Gasteiger partial charge on any atom is -0.432 e. The van der Waals surface area contributed by atoms with Crippen LogP contribution >= 0.6 is 0 Å². The van der Waals surface area contributed by atoms with E-state index < -0.39 is 17.0 Å². The predicted molar refractivity (Wildman–Crippen MR) is 178 cm³/mol. The zero-order valence-electron chi connectivity index (χ0n) is 28.8. The first-order valence-electron chi connectivity index (χ1n) is 18.9. The summed E-state index contributed by atoms with van der Waals surface area (Å²) in [5, 5.41) is 0. The molecule has 0 aromatic rings. The van der Waals surface area contributed by atoms with Crippen molar-refractivity contribution < 1.29 is 23.8 Å². The van der Waals surface area contributed by atoms with E-state index in [4.69, 9.17) is 14.2 Å². The van der Waals surface area contributed by atoms with E-state index in [0.29, 0.717) is 5.57 Å². The lowest BCUT2D eigenvalue weighted by Crippen LogP contribution is -2.47. The van der Waals surface area contributed by atoms with Gasteiger partial charge in [0.25, 0.3) is 0 Å². The molecule has 0 radical (unpaired) electrons. The molecule has 0 N–H and O–H groups in total. The molecule has 6 atom stereocenters. The van der Waals surface area contributed by atoms with Gasteiger partial charge in [0, 0.05) is 19.4 Å². The second kappa shape index (κ2) is 16.8. The van der Waals surface area contributed by atoms with Crippen LogP contribution in [0.2, 0.25) is 0 Å². The molecular formula is C39H64O5. The molecule has 0 spiro atoms. The first kappa shape index (κ1) is 35.2. The molecule has 0 aromatic carbocycles. The van der Waals surface area contributed by atoms with Gasteiger partial charge in [-0.1, -0.05) is 160 Å². The van der Waals surface area contributed by atoms with E-state index in [1.807, 2.05) is 13.8 Å². The molecule has 3 heterocycles. The lowest BCUT2D eigenvalue weighted by molar-refractivity contribution is -0.280. The van der Waals surface area contributed by atoms with E-state index in [-0.39, 0.29) is 29.7 Å². The maximum atomic E-state index is 13.9. The quantitative estimate of drug-likeness (QED) is 0.0616. The number of hydrogen-bond donors (Lipinski definition) is 0. The summed E-state index contributed by atoms with van der Waals surface area (Å²) in [5.74, 6) is -3.22. The normalized spacial score (nSPS) is 31.9. The molecular weight excluding hydrogens is 548 g/mol. The van der Waals surface area contributed by atoms with E-state index in [0.717, 1.165) is 32.1 Å². The van der Waals surface area contributed by atoms with E-state index in [2.05, 4.69) is 32.1 Å². The first-order chi connectivity index (χ1) is 21.3. The fourth-order valence-corrected chi connectivity index (χ4v) is 8.83. The summed E-state index contributed by atoms with van der Waals surface area (Å²) < 4.78 is 18.3. The number of carbonyl (C=O) groups excluding carboxylic acids is 2. The molecule has 250 valence electrons. The number of allylic oxidation sites excluding steroid dienone is 2. The zero-order valence-corrected chi connectivity index (χ0v) is 28.8. The number of esters is 2. The van der Waals surface area contributed by atoms with Crippen LogP contribution in [-0.4, -0.2) is 23.5 Å². The molecule has 0 aromatic heterocycles. The van der Waals surface area contributed by atoms with Crippen LogP contribution in [0.5, 0.6) is 0 Å². The molecule has 4 aliphatic rings. The number of unbranched alkanes of at least 4 members (excludes halogenated alkanes) is 20. The van der Waals surface area contributed by atoms with Crippen molar-refractivity contribution in [1.82, 2.24) is 0 Å². The van der Waals surface area contributed by atoms with E-state index >= 15 is 0 Å². The highest BCUT2D eigenvalue weighted by molar-refractivity contribution is 5.95. The Morgan fingerprint density at radius 1 is 0.659 bits per heavy atom. The zero-order chi connectivity index (χ0) is 31.5. The second-order valence-electron chi connectivity index (χ2n) is 14.7. The molecule has 3 aliphatic heterocycles. The summed E-state index contributed by atoms with van der Waals surface area (Å²) in [6.07, 6.45) is 35.7. The fourth-order valence-electron chi connectivity index (χ4n) is 8.83. The Labute approximate surface area is 269 Å². The van der Waals surface area contributed by atoms with Crippen molar-refractivity contribution in [2.45, 2.75) is 187 Å². The summed E-state index contributed by atoms with van der Waals surface area (Å²) in [5.41, 5.74) is -0.0999. The first-order valence-corrected chi connectivity index (χ1v) is 18.9. The maximum absolute atomic E-state index is 13.9. The van der Waals surface area contributed by atoms with Gasteiger partial charge in [-0.25, -0.2) is 4.79 Å². The van der Waals surface area contributed by atoms with Crippen LogP contribution in [0.4, 0.5) is 0 Å². The standard InChI is InChI=1S/C39H64O5/c1-5-7-9-11-13-15-17-18-19-21-23-25-27-29-39-31(28-26-24-22-20-16-14-12-10-8-6-2)30-32-33-34(39)38(4,43-36(39)41)44-37(33,3)42-35(32)40/h27,29-31,33-34H,5-26,28H2,1-4H3/b29-27+/t31-,33-,34+,37+,38-,39+/m1/s1. The van der Waals surface area contributed by atoms with Crippen molar-refractivity contribution in [3.8, 4) is 0 Å². The van der Waals surface area contributed by atoms with Crippen LogP contribution in [0.15, 0.2) is 23.8 Å². The van der Waals surface area contributed by atoms with Gasteiger partial charge in [-0.05, 0) is 25.2 Å². The molecule has 3 saturated heterocycles. The summed E-state index contributed by atoms with van der Waals surface area (Å²) in [6, 6.07) is 0. The van der Waals surface area contributed by atoms with Gasteiger partial charge < -0.3 is 9.47 Å². The highest BCUT2D eigenvalue weighted by Gasteiger charge is 2.80. The fraction of sp³-hybridized carbons (Fsp3) is 0.846. The summed E-state index contributed by atoms with van der Waals surface area (Å²) in [7, 11) is 0. The van der Waals surface area contributed by atoms with E-state index in [9.17, 15) is 9.59 Å². The van der Waals surface area contributed by atoms with Crippen LogP contribution in [0.3, 0.4) is 0 Å². The third kappa shape index (κ3) is 8.02. The molecule has 0 unspecified atom stereocenters. The van der Waals surface area contributed by atoms with Crippen molar-refractivity contribution in [3.63, 3.8) is 0 Å². The van der Waals surface area contributed by atoms with Crippen molar-refractivity contribution in [3.05, 3.63) is 23.8 Å². The van der Waals surface area contributed by atoms with Crippen molar-refractivity contribution >= 4 is 11.9 Å². The SMILES string of the molecule is CCCCCCCCCCCCC/C=C/[C@]12C(=O)O[C@]3(C)O[C@]4(C)OC(=O)C(=C[C@H]1CCCCCCCCCCCC)[C@@H]4[C@@H]32. The molecule has 5 heteroatoms. The number of ether oxygens (including phenoxy) is 3. The topological polar surface area (TPSA) is 61.8 Å². The smallest absolute Gasteiger partial charge is 0.336 e. The van der Waals surface area contributed by atoms with Crippen molar-refractivity contribution in [2.75, 3.05) is 0 Å². The van der Waals surface area contributed by atoms with Gasteiger partial charge in [-0.15, -0.1) is 0 Å². The van der Waals surface area contributed by atoms with Gasteiger partial charge in [0.15, 0.2) is 0 Å². The van der Waals surface area contributed by atoms with Gasteiger partial charge in [-0.3, -0.25) is 9.53 Å². The Bertz CT molecular complexity index is 985. The van der Waals surface area contributed by atoms with Crippen molar-refractivity contribution in [1.29, 1.82) is 0 Å². The van der Waals surface area contributed by atoms with Crippen LogP contribution < -0.4 is 0 Å².